The van der Waals surface area contributed by atoms with Crippen LogP contribution in [0.4, 0.5) is 13.2 Å². The van der Waals surface area contributed by atoms with Crippen molar-refractivity contribution in [3.63, 3.8) is 0 Å². The number of carbonyl (C=O) groups excluding carboxylic acids is 1. The Kier molecular flexibility index (Phi) is 5.31. The molecule has 7 heteroatoms. The van der Waals surface area contributed by atoms with E-state index in [1.807, 2.05) is 0 Å². The molecule has 1 amide bonds. The number of halogens is 3. The second-order valence-corrected chi connectivity index (χ2v) is 3.97. The number of benzene rings is 1. The molecular formula is C12H15F3N2O2. The first-order valence-electron chi connectivity index (χ1n) is 5.65. The minimum Gasteiger partial charge on any atom is -0.395 e. The number of nitrogens with two attached hydrogens (primary N) is 1. The Labute approximate surface area is 108 Å². The number of alkyl halides is 3. The molecule has 0 aromatic heterocycles. The standard InChI is InChI=1S/C12H15F3N2O2/c13-12(14,15)9-4-2-1-3-8(9)10(16)7-11(19)17-5-6-18/h1-4,10,18H,5-7,16H2,(H,17,19)/t10-/m0/s1. The lowest BCUT2D eigenvalue weighted by Crippen LogP contribution is -2.30. The third-order valence-electron chi connectivity index (χ3n) is 2.50. The van der Waals surface area contributed by atoms with Crippen LogP contribution in [0, 0.1) is 0 Å². The molecule has 0 radical (unpaired) electrons. The molecule has 0 aliphatic rings. The predicted octanol–water partition coefficient (Wildman–Crippen LogP) is 1.20. The van der Waals surface area contributed by atoms with Crippen LogP contribution >= 0.6 is 0 Å². The Morgan fingerprint density at radius 1 is 1.37 bits per heavy atom. The van der Waals surface area contributed by atoms with E-state index in [1.165, 1.54) is 18.2 Å². The third kappa shape index (κ3) is 4.53. The van der Waals surface area contributed by atoms with Gasteiger partial charge in [-0.2, -0.15) is 13.2 Å². The van der Waals surface area contributed by atoms with Gasteiger partial charge in [-0.05, 0) is 11.6 Å². The SMILES string of the molecule is N[C@@H](CC(=O)NCCO)c1ccccc1C(F)(F)F. The van der Waals surface area contributed by atoms with Crippen molar-refractivity contribution < 1.29 is 23.1 Å². The molecule has 1 aromatic carbocycles. The number of amides is 1. The van der Waals surface area contributed by atoms with Crippen LogP contribution in [-0.4, -0.2) is 24.2 Å². The van der Waals surface area contributed by atoms with E-state index in [4.69, 9.17) is 10.8 Å². The van der Waals surface area contributed by atoms with Gasteiger partial charge in [0.05, 0.1) is 12.2 Å². The molecule has 106 valence electrons. The van der Waals surface area contributed by atoms with E-state index in [1.54, 1.807) is 0 Å². The minimum absolute atomic E-state index is 0.0481. The number of rotatable bonds is 5. The Morgan fingerprint density at radius 3 is 2.58 bits per heavy atom. The zero-order valence-electron chi connectivity index (χ0n) is 10.1. The van der Waals surface area contributed by atoms with E-state index in [9.17, 15) is 18.0 Å². The van der Waals surface area contributed by atoms with Crippen LogP contribution in [0.2, 0.25) is 0 Å². The molecule has 0 fully saturated rings. The van der Waals surface area contributed by atoms with Gasteiger partial charge in [0.25, 0.3) is 0 Å². The fourth-order valence-electron chi connectivity index (χ4n) is 1.66. The highest BCUT2D eigenvalue weighted by atomic mass is 19.4. The summed E-state index contributed by atoms with van der Waals surface area (Å²) in [6, 6.07) is 3.85. The monoisotopic (exact) mass is 276 g/mol. The first-order valence-corrected chi connectivity index (χ1v) is 5.65. The van der Waals surface area contributed by atoms with Gasteiger partial charge >= 0.3 is 6.18 Å². The number of aliphatic hydroxyl groups is 1. The summed E-state index contributed by atoms with van der Waals surface area (Å²) in [6.45, 7) is -0.188. The average Bonchev–Trinajstić information content (AvgIpc) is 2.35. The molecule has 0 spiro atoms. The molecule has 0 aliphatic carbocycles. The first-order chi connectivity index (χ1) is 8.86. The van der Waals surface area contributed by atoms with Crippen LogP contribution in [0.3, 0.4) is 0 Å². The molecule has 0 saturated carbocycles. The van der Waals surface area contributed by atoms with Crippen molar-refractivity contribution >= 4 is 5.91 Å². The Balaban J connectivity index is 2.82. The van der Waals surface area contributed by atoms with Gasteiger partial charge in [-0.25, -0.2) is 0 Å². The Hall–Kier alpha value is -1.60. The average molecular weight is 276 g/mol. The second kappa shape index (κ2) is 6.53. The van der Waals surface area contributed by atoms with Gasteiger partial charge in [-0.15, -0.1) is 0 Å². The summed E-state index contributed by atoms with van der Waals surface area (Å²) in [5.41, 5.74) is 4.69. The zero-order chi connectivity index (χ0) is 14.5. The summed E-state index contributed by atoms with van der Waals surface area (Å²) in [5, 5.41) is 10.9. The Bertz CT molecular complexity index is 435. The molecule has 19 heavy (non-hydrogen) atoms. The molecule has 1 rings (SSSR count). The smallest absolute Gasteiger partial charge is 0.395 e. The van der Waals surface area contributed by atoms with Crippen LogP contribution in [0.5, 0.6) is 0 Å². The van der Waals surface area contributed by atoms with Gasteiger partial charge in [0.1, 0.15) is 0 Å². The third-order valence-corrected chi connectivity index (χ3v) is 2.50. The van der Waals surface area contributed by atoms with Crippen LogP contribution in [0.1, 0.15) is 23.6 Å². The highest BCUT2D eigenvalue weighted by molar-refractivity contribution is 5.76. The molecule has 4 N–H and O–H groups in total. The van der Waals surface area contributed by atoms with Crippen molar-refractivity contribution in [3.8, 4) is 0 Å². The lowest BCUT2D eigenvalue weighted by molar-refractivity contribution is -0.138. The van der Waals surface area contributed by atoms with Crippen molar-refractivity contribution in [1.82, 2.24) is 5.32 Å². The number of carbonyl (C=O) groups is 1. The van der Waals surface area contributed by atoms with Crippen molar-refractivity contribution in [2.75, 3.05) is 13.2 Å². The lowest BCUT2D eigenvalue weighted by atomic mass is 9.98. The molecule has 1 aromatic rings. The minimum atomic E-state index is -4.50. The zero-order valence-corrected chi connectivity index (χ0v) is 10.1. The van der Waals surface area contributed by atoms with E-state index in [0.29, 0.717) is 0 Å². The van der Waals surface area contributed by atoms with Crippen molar-refractivity contribution in [2.45, 2.75) is 18.6 Å². The summed E-state index contributed by atoms with van der Waals surface area (Å²) in [4.78, 5) is 11.4. The maximum atomic E-state index is 12.8. The maximum Gasteiger partial charge on any atom is 0.416 e. The van der Waals surface area contributed by atoms with Gasteiger partial charge in [-0.1, -0.05) is 18.2 Å². The number of hydrogen-bond acceptors (Lipinski definition) is 3. The lowest BCUT2D eigenvalue weighted by Gasteiger charge is -2.17. The quantitative estimate of drug-likeness (QED) is 0.756. The van der Waals surface area contributed by atoms with Crippen molar-refractivity contribution in [3.05, 3.63) is 35.4 Å². The van der Waals surface area contributed by atoms with E-state index >= 15 is 0 Å². The highest BCUT2D eigenvalue weighted by Crippen LogP contribution is 2.34. The normalized spacial score (nSPS) is 13.1. The summed E-state index contributed by atoms with van der Waals surface area (Å²) in [5.74, 6) is -0.501. The number of hydrogen-bond donors (Lipinski definition) is 3. The van der Waals surface area contributed by atoms with Gasteiger partial charge in [0.15, 0.2) is 0 Å². The van der Waals surface area contributed by atoms with Crippen molar-refractivity contribution in [1.29, 1.82) is 0 Å². The van der Waals surface area contributed by atoms with E-state index in [2.05, 4.69) is 5.32 Å². The summed E-state index contributed by atoms with van der Waals surface area (Å²) in [6.07, 6.45) is -4.77. The van der Waals surface area contributed by atoms with Gasteiger partial charge in [-0.3, -0.25) is 4.79 Å². The summed E-state index contributed by atoms with van der Waals surface area (Å²) < 4.78 is 38.3. The van der Waals surface area contributed by atoms with Crippen LogP contribution in [-0.2, 0) is 11.0 Å². The van der Waals surface area contributed by atoms with E-state index in [-0.39, 0.29) is 25.1 Å². The van der Waals surface area contributed by atoms with Gasteiger partial charge < -0.3 is 16.2 Å². The maximum absolute atomic E-state index is 12.8. The van der Waals surface area contributed by atoms with Crippen LogP contribution in [0.25, 0.3) is 0 Å². The molecule has 0 unspecified atom stereocenters. The Morgan fingerprint density at radius 2 is 2.00 bits per heavy atom. The second-order valence-electron chi connectivity index (χ2n) is 3.97. The van der Waals surface area contributed by atoms with Crippen LogP contribution in [0.15, 0.2) is 24.3 Å². The summed E-state index contributed by atoms with van der Waals surface area (Å²) in [7, 11) is 0. The van der Waals surface area contributed by atoms with E-state index < -0.39 is 23.7 Å². The largest absolute Gasteiger partial charge is 0.416 e. The van der Waals surface area contributed by atoms with Gasteiger partial charge in [0, 0.05) is 19.0 Å². The van der Waals surface area contributed by atoms with Crippen molar-refractivity contribution in [2.24, 2.45) is 5.73 Å². The van der Waals surface area contributed by atoms with Gasteiger partial charge in [0.2, 0.25) is 5.91 Å². The molecule has 4 nitrogen and oxygen atoms in total. The fraction of sp³-hybridized carbons (Fsp3) is 0.417. The fourth-order valence-corrected chi connectivity index (χ4v) is 1.66. The topological polar surface area (TPSA) is 75.4 Å². The molecule has 0 heterocycles. The number of nitrogens with one attached hydrogen (secondary N) is 1. The first kappa shape index (κ1) is 15.5. The molecule has 0 bridgehead atoms. The molecular weight excluding hydrogens is 261 g/mol. The number of aliphatic hydroxyl groups excluding tert-OH is 1. The van der Waals surface area contributed by atoms with Crippen LogP contribution < -0.4 is 11.1 Å². The highest BCUT2D eigenvalue weighted by Gasteiger charge is 2.34. The molecule has 1 atom stereocenters. The summed E-state index contributed by atoms with van der Waals surface area (Å²) >= 11 is 0. The van der Waals surface area contributed by atoms with E-state index in [0.717, 1.165) is 6.07 Å². The predicted molar refractivity (Wildman–Crippen MR) is 63.1 cm³/mol. The molecule has 0 saturated heterocycles. The molecule has 0 aliphatic heterocycles.